The molecule has 3 nitrogen and oxygen atoms in total. The van der Waals surface area contributed by atoms with Crippen LogP contribution in [-0.2, 0) is 5.88 Å². The lowest BCUT2D eigenvalue weighted by atomic mass is 9.88. The predicted molar refractivity (Wildman–Crippen MR) is 54.7 cm³/mol. The molecule has 14 heavy (non-hydrogen) atoms. The first-order valence-corrected chi connectivity index (χ1v) is 5.79. The lowest BCUT2D eigenvalue weighted by molar-refractivity contribution is 0.366. The third kappa shape index (κ3) is 2.20. The van der Waals surface area contributed by atoms with E-state index in [9.17, 15) is 0 Å². The molecule has 0 unspecified atom stereocenters. The van der Waals surface area contributed by atoms with Gasteiger partial charge in [-0.3, -0.25) is 0 Å². The summed E-state index contributed by atoms with van der Waals surface area (Å²) in [6.45, 7) is 0. The van der Waals surface area contributed by atoms with Crippen LogP contribution < -0.4 is 0 Å². The first kappa shape index (κ1) is 10.2. The molecule has 5 heteroatoms. The molecule has 1 aliphatic rings. The molecule has 0 amide bonds. The Bertz CT molecular complexity index is 295. The molecule has 1 saturated carbocycles. The molecular formula is C9H12Cl2N2O. The maximum atomic E-state index is 6.02. The van der Waals surface area contributed by atoms with E-state index >= 15 is 0 Å². The van der Waals surface area contributed by atoms with Crippen molar-refractivity contribution in [2.24, 2.45) is 0 Å². The maximum Gasteiger partial charge on any atom is 0.241 e. The number of aromatic nitrogens is 2. The Labute approximate surface area is 92.8 Å². The van der Waals surface area contributed by atoms with Crippen molar-refractivity contribution in [2.45, 2.75) is 42.9 Å². The van der Waals surface area contributed by atoms with Crippen LogP contribution in [0.2, 0.25) is 0 Å². The van der Waals surface area contributed by atoms with E-state index in [2.05, 4.69) is 10.1 Å². The average Bonchev–Trinajstić information content (AvgIpc) is 2.67. The molecule has 0 aromatic carbocycles. The van der Waals surface area contributed by atoms with Gasteiger partial charge in [0.15, 0.2) is 5.82 Å². The van der Waals surface area contributed by atoms with E-state index in [1.165, 1.54) is 0 Å². The Kier molecular flexibility index (Phi) is 3.29. The molecular weight excluding hydrogens is 223 g/mol. The van der Waals surface area contributed by atoms with Crippen molar-refractivity contribution in [3.05, 3.63) is 11.7 Å². The minimum absolute atomic E-state index is 0.290. The SMILES string of the molecule is ClCc1nc(C2CCC(Cl)CC2)no1. The maximum absolute atomic E-state index is 6.02. The molecule has 2 rings (SSSR count). The number of halogens is 2. The van der Waals surface area contributed by atoms with Gasteiger partial charge in [-0.25, -0.2) is 0 Å². The highest BCUT2D eigenvalue weighted by Crippen LogP contribution is 2.33. The average molecular weight is 235 g/mol. The zero-order chi connectivity index (χ0) is 9.97. The molecule has 78 valence electrons. The Morgan fingerprint density at radius 2 is 2.00 bits per heavy atom. The van der Waals surface area contributed by atoms with Crippen molar-refractivity contribution in [3.63, 3.8) is 0 Å². The van der Waals surface area contributed by atoms with Crippen molar-refractivity contribution in [1.29, 1.82) is 0 Å². The van der Waals surface area contributed by atoms with Gasteiger partial charge < -0.3 is 4.52 Å². The first-order valence-electron chi connectivity index (χ1n) is 4.82. The lowest BCUT2D eigenvalue weighted by Crippen LogP contribution is -2.13. The van der Waals surface area contributed by atoms with Crippen LogP contribution in [0.25, 0.3) is 0 Å². The molecule has 0 bridgehead atoms. The summed E-state index contributed by atoms with van der Waals surface area (Å²) in [5, 5.41) is 4.25. The quantitative estimate of drug-likeness (QED) is 0.739. The summed E-state index contributed by atoms with van der Waals surface area (Å²) in [4.78, 5) is 4.22. The zero-order valence-electron chi connectivity index (χ0n) is 7.75. The highest BCUT2D eigenvalue weighted by molar-refractivity contribution is 6.20. The van der Waals surface area contributed by atoms with Gasteiger partial charge in [-0.15, -0.1) is 23.2 Å². The summed E-state index contributed by atoms with van der Waals surface area (Å²) in [6, 6.07) is 0. The largest absolute Gasteiger partial charge is 0.338 e. The fraction of sp³-hybridized carbons (Fsp3) is 0.778. The molecule has 1 aromatic rings. The van der Waals surface area contributed by atoms with E-state index in [-0.39, 0.29) is 5.88 Å². The van der Waals surface area contributed by atoms with Gasteiger partial charge in [0.25, 0.3) is 0 Å². The van der Waals surface area contributed by atoms with Gasteiger partial charge in [-0.05, 0) is 25.7 Å². The molecule has 1 heterocycles. The second-order valence-electron chi connectivity index (χ2n) is 3.63. The summed E-state index contributed by atoms with van der Waals surface area (Å²) in [5.41, 5.74) is 0. The van der Waals surface area contributed by atoms with Crippen LogP contribution in [0.1, 0.15) is 43.3 Å². The molecule has 0 spiro atoms. The van der Waals surface area contributed by atoms with Gasteiger partial charge in [0.1, 0.15) is 5.88 Å². The molecule has 0 saturated heterocycles. The highest BCUT2D eigenvalue weighted by Gasteiger charge is 2.24. The van der Waals surface area contributed by atoms with Gasteiger partial charge in [0, 0.05) is 11.3 Å². The predicted octanol–water partition coefficient (Wildman–Crippen LogP) is 3.07. The monoisotopic (exact) mass is 234 g/mol. The summed E-state index contributed by atoms with van der Waals surface area (Å²) in [6.07, 6.45) is 4.18. The van der Waals surface area contributed by atoms with E-state index in [1.54, 1.807) is 0 Å². The Morgan fingerprint density at radius 3 is 2.57 bits per heavy atom. The molecule has 0 radical (unpaired) electrons. The highest BCUT2D eigenvalue weighted by atomic mass is 35.5. The van der Waals surface area contributed by atoms with Crippen LogP contribution in [0.15, 0.2) is 4.52 Å². The minimum atomic E-state index is 0.290. The third-order valence-electron chi connectivity index (χ3n) is 2.62. The second-order valence-corrected chi connectivity index (χ2v) is 4.51. The van der Waals surface area contributed by atoms with Crippen molar-refractivity contribution in [2.75, 3.05) is 0 Å². The minimum Gasteiger partial charge on any atom is -0.338 e. The molecule has 0 atom stereocenters. The van der Waals surface area contributed by atoms with Gasteiger partial charge in [0.2, 0.25) is 5.89 Å². The fourth-order valence-corrected chi connectivity index (χ4v) is 2.16. The summed E-state index contributed by atoms with van der Waals surface area (Å²) < 4.78 is 4.97. The summed E-state index contributed by atoms with van der Waals surface area (Å²) >= 11 is 11.6. The standard InChI is InChI=1S/C9H12Cl2N2O/c10-5-8-12-9(13-14-8)6-1-3-7(11)4-2-6/h6-7H,1-5H2. The third-order valence-corrected chi connectivity index (χ3v) is 3.29. The van der Waals surface area contributed by atoms with E-state index in [0.29, 0.717) is 17.2 Å². The molecule has 1 aliphatic carbocycles. The number of nitrogens with zero attached hydrogens (tertiary/aromatic N) is 2. The number of hydrogen-bond acceptors (Lipinski definition) is 3. The van der Waals surface area contributed by atoms with Gasteiger partial charge >= 0.3 is 0 Å². The van der Waals surface area contributed by atoms with Crippen LogP contribution in [0.5, 0.6) is 0 Å². The van der Waals surface area contributed by atoms with E-state index in [4.69, 9.17) is 27.7 Å². The first-order chi connectivity index (χ1) is 6.79. The van der Waals surface area contributed by atoms with Crippen molar-refractivity contribution < 1.29 is 4.52 Å². The van der Waals surface area contributed by atoms with Crippen molar-refractivity contribution in [3.8, 4) is 0 Å². The lowest BCUT2D eigenvalue weighted by Gasteiger charge is -2.21. The van der Waals surface area contributed by atoms with E-state index in [1.807, 2.05) is 0 Å². The van der Waals surface area contributed by atoms with E-state index in [0.717, 1.165) is 31.5 Å². The molecule has 1 fully saturated rings. The van der Waals surface area contributed by atoms with Gasteiger partial charge in [0.05, 0.1) is 0 Å². The van der Waals surface area contributed by atoms with E-state index < -0.39 is 0 Å². The van der Waals surface area contributed by atoms with Crippen LogP contribution in [-0.4, -0.2) is 15.5 Å². The zero-order valence-corrected chi connectivity index (χ0v) is 9.26. The Balaban J connectivity index is 2.01. The number of alkyl halides is 2. The van der Waals surface area contributed by atoms with Crippen LogP contribution >= 0.6 is 23.2 Å². The van der Waals surface area contributed by atoms with Gasteiger partial charge in [-0.2, -0.15) is 4.98 Å². The summed E-state index contributed by atoms with van der Waals surface area (Å²) in [5.74, 6) is 2.00. The Morgan fingerprint density at radius 1 is 1.29 bits per heavy atom. The normalized spacial score (nSPS) is 27.9. The number of hydrogen-bond donors (Lipinski definition) is 0. The van der Waals surface area contributed by atoms with Crippen molar-refractivity contribution >= 4 is 23.2 Å². The number of rotatable bonds is 2. The molecule has 0 N–H and O–H groups in total. The smallest absolute Gasteiger partial charge is 0.241 e. The van der Waals surface area contributed by atoms with Gasteiger partial charge in [-0.1, -0.05) is 5.16 Å². The fourth-order valence-electron chi connectivity index (χ4n) is 1.80. The van der Waals surface area contributed by atoms with Crippen LogP contribution in [0.4, 0.5) is 0 Å². The summed E-state index contributed by atoms with van der Waals surface area (Å²) in [7, 11) is 0. The topological polar surface area (TPSA) is 38.9 Å². The van der Waals surface area contributed by atoms with Crippen LogP contribution in [0, 0.1) is 0 Å². The van der Waals surface area contributed by atoms with Crippen molar-refractivity contribution in [1.82, 2.24) is 10.1 Å². The molecule has 1 aromatic heterocycles. The molecule has 0 aliphatic heterocycles. The Hall–Kier alpha value is -0.280. The second kappa shape index (κ2) is 4.49. The van der Waals surface area contributed by atoms with Crippen LogP contribution in [0.3, 0.4) is 0 Å².